The molecule has 2 saturated heterocycles. The highest BCUT2D eigenvalue weighted by molar-refractivity contribution is 6.04. The fraction of sp³-hybridized carbons (Fsp3) is 0.667. The van der Waals surface area contributed by atoms with Crippen LogP contribution in [-0.2, 0) is 19.1 Å². The molecule has 1 unspecified atom stereocenters. The number of carbonyl (C=O) groups is 4. The zero-order valence-electron chi connectivity index (χ0n) is 11.5. The molecular formula is C12H17N3O5. The number of rotatable bonds is 3. The summed E-state index contributed by atoms with van der Waals surface area (Å²) < 4.78 is 4.66. The number of hydrogen-bond donors (Lipinski definition) is 0. The van der Waals surface area contributed by atoms with Crippen molar-refractivity contribution < 1.29 is 23.9 Å². The molecule has 1 atom stereocenters. The van der Waals surface area contributed by atoms with Crippen molar-refractivity contribution in [1.82, 2.24) is 14.7 Å². The van der Waals surface area contributed by atoms with Gasteiger partial charge in [-0.2, -0.15) is 0 Å². The minimum Gasteiger partial charge on any atom is -0.467 e. The zero-order valence-corrected chi connectivity index (χ0v) is 11.5. The molecule has 0 aliphatic carbocycles. The third-order valence-corrected chi connectivity index (χ3v) is 3.57. The second-order valence-corrected chi connectivity index (χ2v) is 4.89. The summed E-state index contributed by atoms with van der Waals surface area (Å²) in [6, 6.07) is -1.10. The van der Waals surface area contributed by atoms with Crippen LogP contribution < -0.4 is 0 Å². The van der Waals surface area contributed by atoms with E-state index in [2.05, 4.69) is 4.74 Å². The number of likely N-dealkylation sites (N-methyl/N-ethyl adjacent to an activating group) is 1. The van der Waals surface area contributed by atoms with Gasteiger partial charge in [-0.25, -0.2) is 9.59 Å². The molecule has 0 aromatic carbocycles. The van der Waals surface area contributed by atoms with E-state index >= 15 is 0 Å². The van der Waals surface area contributed by atoms with Gasteiger partial charge in [0, 0.05) is 13.6 Å². The lowest BCUT2D eigenvalue weighted by Crippen LogP contribution is -2.47. The first-order valence-corrected chi connectivity index (χ1v) is 6.38. The van der Waals surface area contributed by atoms with Crippen LogP contribution in [-0.4, -0.2) is 78.3 Å². The van der Waals surface area contributed by atoms with Gasteiger partial charge in [0.15, 0.2) is 0 Å². The Bertz CT molecular complexity index is 464. The molecule has 2 aliphatic rings. The Hall–Kier alpha value is -2.12. The smallest absolute Gasteiger partial charge is 0.328 e. The lowest BCUT2D eigenvalue weighted by molar-refractivity contribution is -0.151. The van der Waals surface area contributed by atoms with Gasteiger partial charge in [-0.15, -0.1) is 0 Å². The van der Waals surface area contributed by atoms with Crippen LogP contribution >= 0.6 is 0 Å². The first-order valence-electron chi connectivity index (χ1n) is 6.38. The number of hydrogen-bond acceptors (Lipinski definition) is 5. The van der Waals surface area contributed by atoms with E-state index in [9.17, 15) is 19.2 Å². The number of carbonyl (C=O) groups excluding carboxylic acids is 4. The first-order chi connectivity index (χ1) is 9.45. The quantitative estimate of drug-likeness (QED) is 0.492. The summed E-state index contributed by atoms with van der Waals surface area (Å²) in [5, 5.41) is 0. The predicted octanol–water partition coefficient (Wildman–Crippen LogP) is -0.956. The molecule has 2 heterocycles. The maximum Gasteiger partial charge on any atom is 0.328 e. The minimum absolute atomic E-state index is 0.0213. The normalized spacial score (nSPS) is 22.7. The molecule has 0 aromatic rings. The average Bonchev–Trinajstić information content (AvgIpc) is 2.99. The maximum atomic E-state index is 12.2. The Morgan fingerprint density at radius 3 is 2.60 bits per heavy atom. The van der Waals surface area contributed by atoms with Crippen LogP contribution in [0.2, 0.25) is 0 Å². The number of nitrogens with zero attached hydrogens (tertiary/aromatic N) is 3. The van der Waals surface area contributed by atoms with Gasteiger partial charge >= 0.3 is 12.0 Å². The molecule has 0 saturated carbocycles. The van der Waals surface area contributed by atoms with Crippen molar-refractivity contribution in [3.8, 4) is 0 Å². The number of methoxy groups -OCH3 is 1. The van der Waals surface area contributed by atoms with Gasteiger partial charge in [0.05, 0.1) is 7.11 Å². The lowest BCUT2D eigenvalue weighted by Gasteiger charge is -2.24. The van der Waals surface area contributed by atoms with E-state index in [-0.39, 0.29) is 13.1 Å². The minimum atomic E-state index is -0.613. The van der Waals surface area contributed by atoms with Crippen molar-refractivity contribution in [2.45, 2.75) is 18.9 Å². The summed E-state index contributed by atoms with van der Waals surface area (Å²) in [5.74, 6) is -1.28. The van der Waals surface area contributed by atoms with E-state index in [4.69, 9.17) is 0 Å². The third kappa shape index (κ3) is 2.45. The summed E-state index contributed by atoms with van der Waals surface area (Å²) in [7, 11) is 2.77. The molecule has 20 heavy (non-hydrogen) atoms. The van der Waals surface area contributed by atoms with Crippen LogP contribution in [0.1, 0.15) is 12.8 Å². The molecular weight excluding hydrogens is 266 g/mol. The second kappa shape index (κ2) is 5.48. The van der Waals surface area contributed by atoms with Gasteiger partial charge in [-0.1, -0.05) is 0 Å². The largest absolute Gasteiger partial charge is 0.467 e. The summed E-state index contributed by atoms with van der Waals surface area (Å²) >= 11 is 0. The van der Waals surface area contributed by atoms with Crippen LogP contribution in [0.3, 0.4) is 0 Å². The van der Waals surface area contributed by atoms with E-state index in [0.717, 1.165) is 4.90 Å². The summed E-state index contributed by atoms with van der Waals surface area (Å²) in [6.45, 7) is 0.0900. The molecule has 0 N–H and O–H groups in total. The van der Waals surface area contributed by atoms with Gasteiger partial charge in [0.1, 0.15) is 19.1 Å². The molecule has 110 valence electrons. The Kier molecular flexibility index (Phi) is 3.91. The van der Waals surface area contributed by atoms with E-state index in [1.807, 2.05) is 0 Å². The van der Waals surface area contributed by atoms with E-state index in [1.165, 1.54) is 24.0 Å². The Morgan fingerprint density at radius 2 is 2.05 bits per heavy atom. The van der Waals surface area contributed by atoms with Crippen LogP contribution in [0, 0.1) is 0 Å². The number of amides is 4. The molecule has 2 rings (SSSR count). The van der Waals surface area contributed by atoms with Gasteiger partial charge in [-0.3, -0.25) is 14.5 Å². The second-order valence-electron chi connectivity index (χ2n) is 4.89. The molecule has 2 fully saturated rings. The standard InChI is InChI=1S/C12H17N3O5/c1-13-6-9(16)15(12(13)19)7-10(17)14-5-3-4-8(14)11(18)20-2/h8H,3-7H2,1-2H3. The van der Waals surface area contributed by atoms with Crippen LogP contribution in [0.25, 0.3) is 0 Å². The predicted molar refractivity (Wildman–Crippen MR) is 66.5 cm³/mol. The van der Waals surface area contributed by atoms with Gasteiger partial charge in [0.25, 0.3) is 5.91 Å². The summed E-state index contributed by atoms with van der Waals surface area (Å²) in [5.41, 5.74) is 0. The summed E-state index contributed by atoms with van der Waals surface area (Å²) in [6.07, 6.45) is 1.24. The number of urea groups is 1. The molecule has 8 heteroatoms. The third-order valence-electron chi connectivity index (χ3n) is 3.57. The van der Waals surface area contributed by atoms with E-state index in [1.54, 1.807) is 0 Å². The van der Waals surface area contributed by atoms with E-state index < -0.39 is 29.9 Å². The van der Waals surface area contributed by atoms with Crippen LogP contribution in [0.15, 0.2) is 0 Å². The van der Waals surface area contributed by atoms with Gasteiger partial charge in [0.2, 0.25) is 5.91 Å². The SMILES string of the molecule is COC(=O)C1CCCN1C(=O)CN1C(=O)CN(C)C1=O. The number of ether oxygens (including phenoxy) is 1. The van der Waals surface area contributed by atoms with Crippen molar-refractivity contribution in [2.75, 3.05) is 33.8 Å². The average molecular weight is 283 g/mol. The first kappa shape index (κ1) is 14.3. The Morgan fingerprint density at radius 1 is 1.35 bits per heavy atom. The topological polar surface area (TPSA) is 87.2 Å². The highest BCUT2D eigenvalue weighted by Crippen LogP contribution is 2.19. The molecule has 8 nitrogen and oxygen atoms in total. The highest BCUT2D eigenvalue weighted by atomic mass is 16.5. The van der Waals surface area contributed by atoms with Crippen LogP contribution in [0.4, 0.5) is 4.79 Å². The van der Waals surface area contributed by atoms with Crippen molar-refractivity contribution in [3.05, 3.63) is 0 Å². The molecule has 0 aromatic heterocycles. The fourth-order valence-corrected chi connectivity index (χ4v) is 2.50. The van der Waals surface area contributed by atoms with Crippen molar-refractivity contribution in [2.24, 2.45) is 0 Å². The molecule has 0 bridgehead atoms. The fourth-order valence-electron chi connectivity index (χ4n) is 2.50. The molecule has 4 amide bonds. The van der Waals surface area contributed by atoms with Gasteiger partial charge < -0.3 is 14.5 Å². The number of imide groups is 1. The van der Waals surface area contributed by atoms with Crippen molar-refractivity contribution in [1.29, 1.82) is 0 Å². The monoisotopic (exact) mass is 283 g/mol. The summed E-state index contributed by atoms with van der Waals surface area (Å²) in [4.78, 5) is 50.6. The van der Waals surface area contributed by atoms with Crippen molar-refractivity contribution in [3.63, 3.8) is 0 Å². The molecule has 2 aliphatic heterocycles. The Balaban J connectivity index is 2.03. The lowest BCUT2D eigenvalue weighted by atomic mass is 10.2. The van der Waals surface area contributed by atoms with Gasteiger partial charge in [-0.05, 0) is 12.8 Å². The van der Waals surface area contributed by atoms with Crippen LogP contribution in [0.5, 0.6) is 0 Å². The zero-order chi connectivity index (χ0) is 14.9. The van der Waals surface area contributed by atoms with E-state index in [0.29, 0.717) is 19.4 Å². The number of likely N-dealkylation sites (tertiary alicyclic amines) is 1. The van der Waals surface area contributed by atoms with Crippen molar-refractivity contribution >= 4 is 23.8 Å². The molecule has 0 spiro atoms. The maximum absolute atomic E-state index is 12.2. The highest BCUT2D eigenvalue weighted by Gasteiger charge is 2.39. The molecule has 0 radical (unpaired) electrons. The number of esters is 1. The Labute approximate surface area is 116 Å².